The van der Waals surface area contributed by atoms with Gasteiger partial charge in [-0.1, -0.05) is 51.1 Å². The van der Waals surface area contributed by atoms with Gasteiger partial charge in [0.05, 0.1) is 5.56 Å². The molecule has 28 heavy (non-hydrogen) atoms. The van der Waals surface area contributed by atoms with Crippen molar-refractivity contribution >= 4 is 23.5 Å². The van der Waals surface area contributed by atoms with Crippen molar-refractivity contribution < 1.29 is 18.0 Å². The lowest BCUT2D eigenvalue weighted by Gasteiger charge is -2.26. The highest BCUT2D eigenvalue weighted by molar-refractivity contribution is 7.99. The van der Waals surface area contributed by atoms with Gasteiger partial charge in [-0.25, -0.2) is 4.79 Å². The Morgan fingerprint density at radius 3 is 2.36 bits per heavy atom. The summed E-state index contributed by atoms with van der Waals surface area (Å²) in [7, 11) is 0. The molecule has 3 nitrogen and oxygen atoms in total. The first-order chi connectivity index (χ1) is 13.1. The minimum absolute atomic E-state index is 0.0436. The van der Waals surface area contributed by atoms with Crippen LogP contribution in [0.15, 0.2) is 48.5 Å². The molecule has 0 spiro atoms. The average Bonchev–Trinajstić information content (AvgIpc) is 3.10. The lowest BCUT2D eigenvalue weighted by Crippen LogP contribution is -2.34. The number of benzene rings is 2. The number of alkyl halides is 3. The van der Waals surface area contributed by atoms with Crippen LogP contribution in [0.4, 0.5) is 23.7 Å². The maximum atomic E-state index is 12.9. The summed E-state index contributed by atoms with van der Waals surface area (Å²) in [6, 6.07) is 12.5. The third kappa shape index (κ3) is 4.63. The number of anilines is 1. The SMILES string of the molecule is CC(C)(C)c1ccc([C@@H]2SCCN2C(=O)Nc2cccc(C(F)(F)F)c2)cc1. The van der Waals surface area contributed by atoms with E-state index in [1.165, 1.54) is 17.7 Å². The second-order valence-corrected chi connectivity index (χ2v) is 8.99. The van der Waals surface area contributed by atoms with Crippen molar-refractivity contribution in [1.29, 1.82) is 0 Å². The molecule has 1 fully saturated rings. The van der Waals surface area contributed by atoms with E-state index in [9.17, 15) is 18.0 Å². The number of urea groups is 1. The molecule has 0 aromatic heterocycles. The number of nitrogens with zero attached hydrogens (tertiary/aromatic N) is 1. The highest BCUT2D eigenvalue weighted by atomic mass is 32.2. The fraction of sp³-hybridized carbons (Fsp3) is 0.381. The van der Waals surface area contributed by atoms with Crippen LogP contribution in [0.3, 0.4) is 0 Å². The minimum atomic E-state index is -4.44. The maximum Gasteiger partial charge on any atom is 0.416 e. The van der Waals surface area contributed by atoms with Gasteiger partial charge in [-0.15, -0.1) is 11.8 Å². The molecule has 0 saturated carbocycles. The second-order valence-electron chi connectivity index (χ2n) is 7.80. The second kappa shape index (κ2) is 7.70. The fourth-order valence-corrected chi connectivity index (χ4v) is 4.33. The average molecular weight is 408 g/mol. The summed E-state index contributed by atoms with van der Waals surface area (Å²) in [5, 5.41) is 2.45. The molecule has 1 N–H and O–H groups in total. The van der Waals surface area contributed by atoms with E-state index in [1.807, 2.05) is 12.1 Å². The van der Waals surface area contributed by atoms with Crippen LogP contribution in [-0.2, 0) is 11.6 Å². The third-order valence-electron chi connectivity index (χ3n) is 4.65. The number of hydrogen-bond donors (Lipinski definition) is 1. The van der Waals surface area contributed by atoms with Gasteiger partial charge in [0.2, 0.25) is 0 Å². The van der Waals surface area contributed by atoms with E-state index in [2.05, 4.69) is 38.2 Å². The Balaban J connectivity index is 1.75. The molecule has 1 heterocycles. The van der Waals surface area contributed by atoms with Gasteiger partial charge >= 0.3 is 12.2 Å². The van der Waals surface area contributed by atoms with E-state index in [0.29, 0.717) is 6.54 Å². The third-order valence-corrected chi connectivity index (χ3v) is 5.92. The van der Waals surface area contributed by atoms with Crippen LogP contribution in [0.2, 0.25) is 0 Å². The molecule has 0 radical (unpaired) electrons. The summed E-state index contributed by atoms with van der Waals surface area (Å²) in [5.74, 6) is 0.779. The van der Waals surface area contributed by atoms with Crippen LogP contribution in [-0.4, -0.2) is 23.2 Å². The summed E-state index contributed by atoms with van der Waals surface area (Å²) in [6.07, 6.45) is -4.44. The van der Waals surface area contributed by atoms with Crippen molar-refractivity contribution in [3.63, 3.8) is 0 Å². The number of hydrogen-bond acceptors (Lipinski definition) is 2. The smallest absolute Gasteiger partial charge is 0.308 e. The predicted octanol–water partition coefficient (Wildman–Crippen LogP) is 6.28. The van der Waals surface area contributed by atoms with Crippen LogP contribution >= 0.6 is 11.8 Å². The summed E-state index contributed by atoms with van der Waals surface area (Å²) in [6.45, 7) is 6.96. The minimum Gasteiger partial charge on any atom is -0.308 e. The molecule has 0 unspecified atom stereocenters. The van der Waals surface area contributed by atoms with E-state index in [-0.39, 0.29) is 16.5 Å². The number of carbonyl (C=O) groups excluding carboxylic acids is 1. The lowest BCUT2D eigenvalue weighted by atomic mass is 9.87. The molecule has 3 rings (SSSR count). The molecule has 2 amide bonds. The van der Waals surface area contributed by atoms with Crippen molar-refractivity contribution in [2.24, 2.45) is 0 Å². The van der Waals surface area contributed by atoms with Crippen molar-refractivity contribution in [3.8, 4) is 0 Å². The van der Waals surface area contributed by atoms with Crippen molar-refractivity contribution in [3.05, 3.63) is 65.2 Å². The summed E-state index contributed by atoms with van der Waals surface area (Å²) < 4.78 is 38.6. The Morgan fingerprint density at radius 1 is 1.07 bits per heavy atom. The molecule has 1 aliphatic heterocycles. The Labute approximate surface area is 167 Å². The number of thioether (sulfide) groups is 1. The Bertz CT molecular complexity index is 844. The number of carbonyl (C=O) groups is 1. The summed E-state index contributed by atoms with van der Waals surface area (Å²) in [5.41, 5.74) is 1.62. The topological polar surface area (TPSA) is 32.3 Å². The molecule has 1 saturated heterocycles. The van der Waals surface area contributed by atoms with Gasteiger partial charge < -0.3 is 10.2 Å². The van der Waals surface area contributed by atoms with Crippen molar-refractivity contribution in [1.82, 2.24) is 4.90 Å². The normalized spacial score (nSPS) is 17.6. The highest BCUT2D eigenvalue weighted by Crippen LogP contribution is 2.39. The Morgan fingerprint density at radius 2 is 1.75 bits per heavy atom. The van der Waals surface area contributed by atoms with Gasteiger partial charge in [-0.05, 0) is 34.7 Å². The van der Waals surface area contributed by atoms with E-state index in [4.69, 9.17) is 0 Å². The molecule has 7 heteroatoms. The molecule has 2 aromatic rings. The van der Waals surface area contributed by atoms with Crippen molar-refractivity contribution in [2.45, 2.75) is 37.7 Å². The molecule has 150 valence electrons. The first kappa shape index (κ1) is 20.6. The molecule has 2 aromatic carbocycles. The summed E-state index contributed by atoms with van der Waals surface area (Å²) in [4.78, 5) is 14.4. The zero-order valence-electron chi connectivity index (χ0n) is 16.0. The highest BCUT2D eigenvalue weighted by Gasteiger charge is 2.33. The van der Waals surface area contributed by atoms with Crippen LogP contribution < -0.4 is 5.32 Å². The number of halogens is 3. The monoisotopic (exact) mass is 408 g/mol. The molecule has 1 atom stereocenters. The molecule has 0 bridgehead atoms. The standard InChI is InChI=1S/C21H23F3N2OS/c1-20(2,3)15-9-7-14(8-10-15)18-26(11-12-28-18)19(27)25-17-6-4-5-16(13-17)21(22,23)24/h4-10,13,18H,11-12H2,1-3H3,(H,25,27)/t18-/m0/s1. The van der Waals surface area contributed by atoms with E-state index >= 15 is 0 Å². The zero-order chi connectivity index (χ0) is 20.5. The van der Waals surface area contributed by atoms with Gasteiger partial charge in [-0.2, -0.15) is 13.2 Å². The van der Waals surface area contributed by atoms with Gasteiger partial charge in [0.25, 0.3) is 0 Å². The first-order valence-electron chi connectivity index (χ1n) is 9.02. The van der Waals surface area contributed by atoms with Gasteiger partial charge in [-0.3, -0.25) is 0 Å². The van der Waals surface area contributed by atoms with Crippen LogP contribution in [0.5, 0.6) is 0 Å². The zero-order valence-corrected chi connectivity index (χ0v) is 16.8. The van der Waals surface area contributed by atoms with E-state index in [0.717, 1.165) is 23.4 Å². The van der Waals surface area contributed by atoms with Crippen LogP contribution in [0.25, 0.3) is 0 Å². The molecule has 1 aliphatic rings. The van der Waals surface area contributed by atoms with E-state index in [1.54, 1.807) is 16.7 Å². The number of rotatable bonds is 2. The molecular weight excluding hydrogens is 385 g/mol. The van der Waals surface area contributed by atoms with Crippen molar-refractivity contribution in [2.75, 3.05) is 17.6 Å². The van der Waals surface area contributed by atoms with Gasteiger partial charge in [0.1, 0.15) is 5.37 Å². The predicted molar refractivity (Wildman–Crippen MR) is 108 cm³/mol. The Hall–Kier alpha value is -2.15. The van der Waals surface area contributed by atoms with Crippen LogP contribution in [0, 0.1) is 0 Å². The molecule has 0 aliphatic carbocycles. The summed E-state index contributed by atoms with van der Waals surface area (Å²) >= 11 is 1.65. The maximum absolute atomic E-state index is 12.9. The van der Waals surface area contributed by atoms with Crippen LogP contribution in [0.1, 0.15) is 42.8 Å². The first-order valence-corrected chi connectivity index (χ1v) is 10.1. The quantitative estimate of drug-likeness (QED) is 0.634. The lowest BCUT2D eigenvalue weighted by molar-refractivity contribution is -0.137. The van der Waals surface area contributed by atoms with Gasteiger partial charge in [0, 0.05) is 18.0 Å². The number of nitrogens with one attached hydrogen (secondary N) is 1. The fourth-order valence-electron chi connectivity index (χ4n) is 3.07. The largest absolute Gasteiger partial charge is 0.416 e. The molecular formula is C21H23F3N2OS. The van der Waals surface area contributed by atoms with E-state index < -0.39 is 17.8 Å². The Kier molecular flexibility index (Phi) is 5.66. The number of amides is 2. The van der Waals surface area contributed by atoms with Gasteiger partial charge in [0.15, 0.2) is 0 Å².